The van der Waals surface area contributed by atoms with E-state index in [0.29, 0.717) is 11.1 Å². The molecule has 0 fully saturated rings. The number of carbonyl (C=O) groups excluding carboxylic acids is 1. The van der Waals surface area contributed by atoms with E-state index in [1.807, 2.05) is 31.2 Å². The van der Waals surface area contributed by atoms with Gasteiger partial charge in [-0.1, -0.05) is 30.3 Å². The third kappa shape index (κ3) is 2.42. The maximum absolute atomic E-state index is 12.9. The van der Waals surface area contributed by atoms with Crippen molar-refractivity contribution in [1.82, 2.24) is 4.57 Å². The van der Waals surface area contributed by atoms with Crippen LogP contribution in [0, 0.1) is 6.92 Å². The standard InChI is InChI=1S/C19H17NO3/c1-3-20-12(2)17(15-6-4-5-7-16(15)20)18(21)13-8-10-14(11-9-13)19(22)23/h4-11H,3H2,1-2H3,(H,22,23). The number of nitrogens with zero attached hydrogens (tertiary/aromatic N) is 1. The van der Waals surface area contributed by atoms with Crippen molar-refractivity contribution in [2.45, 2.75) is 20.4 Å². The molecule has 0 aliphatic carbocycles. The van der Waals surface area contributed by atoms with Gasteiger partial charge in [-0.05, 0) is 32.0 Å². The number of aromatic nitrogens is 1. The summed E-state index contributed by atoms with van der Waals surface area (Å²) in [5.74, 6) is -1.08. The van der Waals surface area contributed by atoms with E-state index >= 15 is 0 Å². The van der Waals surface area contributed by atoms with Crippen molar-refractivity contribution < 1.29 is 14.7 Å². The maximum Gasteiger partial charge on any atom is 0.335 e. The first kappa shape index (κ1) is 15.0. The van der Waals surface area contributed by atoms with Crippen molar-refractivity contribution in [3.63, 3.8) is 0 Å². The van der Waals surface area contributed by atoms with Crippen LogP contribution in [0.15, 0.2) is 48.5 Å². The number of carboxylic acids is 1. The Morgan fingerprint density at radius 1 is 1.00 bits per heavy atom. The average molecular weight is 307 g/mol. The first-order valence-corrected chi connectivity index (χ1v) is 7.50. The molecule has 0 aliphatic heterocycles. The van der Waals surface area contributed by atoms with E-state index in [9.17, 15) is 9.59 Å². The van der Waals surface area contributed by atoms with Crippen LogP contribution in [0.5, 0.6) is 0 Å². The molecule has 0 saturated carbocycles. The number of aromatic carboxylic acids is 1. The Morgan fingerprint density at radius 3 is 2.22 bits per heavy atom. The number of carbonyl (C=O) groups is 2. The van der Waals surface area contributed by atoms with Gasteiger partial charge in [0.05, 0.1) is 11.1 Å². The van der Waals surface area contributed by atoms with Crippen LogP contribution in [-0.2, 0) is 6.54 Å². The largest absolute Gasteiger partial charge is 0.478 e. The first-order chi connectivity index (χ1) is 11.0. The lowest BCUT2D eigenvalue weighted by atomic mass is 9.99. The molecule has 23 heavy (non-hydrogen) atoms. The Morgan fingerprint density at radius 2 is 1.61 bits per heavy atom. The van der Waals surface area contributed by atoms with E-state index in [4.69, 9.17) is 5.11 Å². The summed E-state index contributed by atoms with van der Waals surface area (Å²) in [7, 11) is 0. The summed E-state index contributed by atoms with van der Waals surface area (Å²) in [4.78, 5) is 23.9. The number of benzene rings is 2. The molecule has 0 atom stereocenters. The maximum atomic E-state index is 12.9. The summed E-state index contributed by atoms with van der Waals surface area (Å²) < 4.78 is 2.12. The summed E-state index contributed by atoms with van der Waals surface area (Å²) >= 11 is 0. The highest BCUT2D eigenvalue weighted by Crippen LogP contribution is 2.28. The SMILES string of the molecule is CCn1c(C)c(C(=O)c2ccc(C(=O)O)cc2)c2ccccc21. The predicted molar refractivity (Wildman–Crippen MR) is 89.2 cm³/mol. The summed E-state index contributed by atoms with van der Waals surface area (Å²) in [5.41, 5.74) is 3.33. The van der Waals surface area contributed by atoms with Gasteiger partial charge in [0.1, 0.15) is 0 Å². The van der Waals surface area contributed by atoms with Gasteiger partial charge in [0.25, 0.3) is 0 Å². The second-order valence-electron chi connectivity index (χ2n) is 5.43. The third-order valence-electron chi connectivity index (χ3n) is 4.17. The number of para-hydroxylation sites is 1. The van der Waals surface area contributed by atoms with Crippen LogP contribution in [0.25, 0.3) is 10.9 Å². The zero-order valence-corrected chi connectivity index (χ0v) is 13.0. The van der Waals surface area contributed by atoms with Crippen LogP contribution >= 0.6 is 0 Å². The van der Waals surface area contributed by atoms with Crippen LogP contribution < -0.4 is 0 Å². The van der Waals surface area contributed by atoms with Crippen molar-refractivity contribution in [1.29, 1.82) is 0 Å². The predicted octanol–water partition coefficient (Wildman–Crippen LogP) is 3.90. The fourth-order valence-corrected chi connectivity index (χ4v) is 3.03. The molecule has 0 saturated heterocycles. The van der Waals surface area contributed by atoms with Gasteiger partial charge in [0, 0.05) is 28.7 Å². The van der Waals surface area contributed by atoms with Crippen molar-refractivity contribution in [3.8, 4) is 0 Å². The molecule has 0 aliphatic rings. The number of ketones is 1. The second-order valence-corrected chi connectivity index (χ2v) is 5.43. The smallest absolute Gasteiger partial charge is 0.335 e. The highest BCUT2D eigenvalue weighted by molar-refractivity contribution is 6.17. The molecule has 1 heterocycles. The van der Waals surface area contributed by atoms with Gasteiger partial charge in [0.15, 0.2) is 5.78 Å². The van der Waals surface area contributed by atoms with E-state index in [1.54, 1.807) is 12.1 Å². The summed E-state index contributed by atoms with van der Waals surface area (Å²) in [5, 5.41) is 9.89. The molecule has 3 aromatic rings. The Kier molecular flexibility index (Phi) is 3.74. The molecule has 4 heteroatoms. The molecule has 3 rings (SSSR count). The summed E-state index contributed by atoms with van der Waals surface area (Å²) in [6.07, 6.45) is 0. The second kappa shape index (κ2) is 5.72. The lowest BCUT2D eigenvalue weighted by Gasteiger charge is -2.05. The highest BCUT2D eigenvalue weighted by Gasteiger charge is 2.20. The first-order valence-electron chi connectivity index (χ1n) is 7.50. The fraction of sp³-hybridized carbons (Fsp3) is 0.158. The number of fused-ring (bicyclic) bond motifs is 1. The van der Waals surface area contributed by atoms with Crippen LogP contribution in [0.2, 0.25) is 0 Å². The zero-order valence-electron chi connectivity index (χ0n) is 13.0. The van der Waals surface area contributed by atoms with Gasteiger partial charge in [-0.15, -0.1) is 0 Å². The molecule has 0 amide bonds. The fourth-order valence-electron chi connectivity index (χ4n) is 3.03. The molecule has 116 valence electrons. The Balaban J connectivity index is 2.14. The van der Waals surface area contributed by atoms with E-state index in [0.717, 1.165) is 23.1 Å². The van der Waals surface area contributed by atoms with E-state index < -0.39 is 5.97 Å². The van der Waals surface area contributed by atoms with Crippen LogP contribution in [0.3, 0.4) is 0 Å². The quantitative estimate of drug-likeness (QED) is 0.744. The normalized spacial score (nSPS) is 10.9. The number of rotatable bonds is 4. The van der Waals surface area contributed by atoms with Gasteiger partial charge in [-0.3, -0.25) is 4.79 Å². The average Bonchev–Trinajstić information content (AvgIpc) is 2.85. The summed E-state index contributed by atoms with van der Waals surface area (Å²) in [6, 6.07) is 13.9. The Labute approximate surface area is 134 Å². The lowest BCUT2D eigenvalue weighted by Crippen LogP contribution is -2.05. The van der Waals surface area contributed by atoms with Gasteiger partial charge < -0.3 is 9.67 Å². The molecule has 0 bridgehead atoms. The van der Waals surface area contributed by atoms with Crippen LogP contribution in [0.4, 0.5) is 0 Å². The molecule has 0 unspecified atom stereocenters. The molecule has 2 aromatic carbocycles. The third-order valence-corrected chi connectivity index (χ3v) is 4.17. The van der Waals surface area contributed by atoms with E-state index in [1.165, 1.54) is 12.1 Å². The molecule has 0 spiro atoms. The minimum atomic E-state index is -0.997. The topological polar surface area (TPSA) is 59.3 Å². The Hall–Kier alpha value is -2.88. The van der Waals surface area contributed by atoms with Crippen molar-refractivity contribution in [2.24, 2.45) is 0 Å². The van der Waals surface area contributed by atoms with Crippen molar-refractivity contribution >= 4 is 22.7 Å². The Bertz CT molecular complexity index is 904. The monoisotopic (exact) mass is 307 g/mol. The van der Waals surface area contributed by atoms with Gasteiger partial charge in [-0.2, -0.15) is 0 Å². The molecule has 4 nitrogen and oxygen atoms in total. The molecule has 0 radical (unpaired) electrons. The van der Waals surface area contributed by atoms with Gasteiger partial charge in [0.2, 0.25) is 0 Å². The number of aryl methyl sites for hydroxylation is 1. The molecule has 1 aromatic heterocycles. The molecular weight excluding hydrogens is 290 g/mol. The minimum Gasteiger partial charge on any atom is -0.478 e. The van der Waals surface area contributed by atoms with Crippen molar-refractivity contribution in [3.05, 3.63) is 70.9 Å². The number of carboxylic acid groups (broad SMARTS) is 1. The van der Waals surface area contributed by atoms with E-state index in [-0.39, 0.29) is 11.3 Å². The number of hydrogen-bond acceptors (Lipinski definition) is 2. The minimum absolute atomic E-state index is 0.0807. The number of hydrogen-bond donors (Lipinski definition) is 1. The summed E-state index contributed by atoms with van der Waals surface area (Å²) in [6.45, 7) is 4.79. The van der Waals surface area contributed by atoms with Gasteiger partial charge >= 0.3 is 5.97 Å². The molecule has 1 N–H and O–H groups in total. The van der Waals surface area contributed by atoms with E-state index in [2.05, 4.69) is 11.5 Å². The zero-order chi connectivity index (χ0) is 16.6. The van der Waals surface area contributed by atoms with Crippen LogP contribution in [0.1, 0.15) is 38.9 Å². The van der Waals surface area contributed by atoms with Crippen molar-refractivity contribution in [2.75, 3.05) is 0 Å². The van der Waals surface area contributed by atoms with Crippen LogP contribution in [-0.4, -0.2) is 21.4 Å². The molecular formula is C19H17NO3. The highest BCUT2D eigenvalue weighted by atomic mass is 16.4. The lowest BCUT2D eigenvalue weighted by molar-refractivity contribution is 0.0696. The van der Waals surface area contributed by atoms with Gasteiger partial charge in [-0.25, -0.2) is 4.79 Å².